The molecule has 3 heterocycles. The van der Waals surface area contributed by atoms with Crippen LogP contribution >= 0.6 is 11.3 Å². The first kappa shape index (κ1) is 12.0. The van der Waals surface area contributed by atoms with Gasteiger partial charge in [0.2, 0.25) is 0 Å². The maximum absolute atomic E-state index is 12.1. The molecule has 0 amide bonds. The van der Waals surface area contributed by atoms with Gasteiger partial charge in [-0.3, -0.25) is 0 Å². The van der Waals surface area contributed by atoms with E-state index in [1.165, 1.54) is 11.3 Å². The first-order valence-corrected chi connectivity index (χ1v) is 7.26. The number of thiophene rings is 1. The summed E-state index contributed by atoms with van der Waals surface area (Å²) in [4.78, 5) is 13.2. The molecule has 98 valence electrons. The second-order valence-electron chi connectivity index (χ2n) is 4.85. The lowest BCUT2D eigenvalue weighted by Gasteiger charge is -2.21. The van der Waals surface area contributed by atoms with Gasteiger partial charge in [0.1, 0.15) is 5.00 Å². The van der Waals surface area contributed by atoms with Gasteiger partial charge >= 0.3 is 5.97 Å². The zero-order valence-electron chi connectivity index (χ0n) is 10.4. The molecule has 0 spiro atoms. The van der Waals surface area contributed by atoms with Crippen LogP contribution in [0.2, 0.25) is 0 Å². The van der Waals surface area contributed by atoms with Crippen molar-refractivity contribution in [3.63, 3.8) is 0 Å². The lowest BCUT2D eigenvalue weighted by Crippen LogP contribution is -2.19. The zero-order chi connectivity index (χ0) is 12.7. The van der Waals surface area contributed by atoms with Crippen LogP contribution in [0.4, 0.5) is 5.00 Å². The fourth-order valence-electron chi connectivity index (χ4n) is 2.73. The Morgan fingerprint density at radius 3 is 3.17 bits per heavy atom. The Bertz CT molecular complexity index is 483. The number of nitrogen functional groups attached to an aromatic ring is 1. The van der Waals surface area contributed by atoms with Gasteiger partial charge in [0.15, 0.2) is 0 Å². The normalized spacial score (nSPS) is 24.9. The summed E-state index contributed by atoms with van der Waals surface area (Å²) in [6, 6.07) is 0. The molecule has 1 aromatic rings. The lowest BCUT2D eigenvalue weighted by molar-refractivity contribution is 0.0338. The Hall–Kier alpha value is -1.07. The molecule has 4 nitrogen and oxygen atoms in total. The summed E-state index contributed by atoms with van der Waals surface area (Å²) in [5.74, 6) is -0.270. The molecule has 2 N–H and O–H groups in total. The minimum atomic E-state index is -0.270. The van der Waals surface area contributed by atoms with E-state index in [1.54, 1.807) is 0 Å². The molecule has 1 saturated heterocycles. The number of carbonyl (C=O) groups is 1. The molecule has 2 aliphatic heterocycles. The van der Waals surface area contributed by atoms with Crippen molar-refractivity contribution in [2.24, 2.45) is 0 Å². The molecular formula is C13H17NO3S. The van der Waals surface area contributed by atoms with Crippen molar-refractivity contribution in [2.75, 3.05) is 12.3 Å². The number of nitrogens with two attached hydrogens (primary N) is 1. The van der Waals surface area contributed by atoms with Gasteiger partial charge in [-0.25, -0.2) is 4.79 Å². The van der Waals surface area contributed by atoms with Crippen molar-refractivity contribution < 1.29 is 14.3 Å². The molecule has 0 aromatic carbocycles. The fraction of sp³-hybridized carbons (Fsp3) is 0.615. The summed E-state index contributed by atoms with van der Waals surface area (Å²) in [6.45, 7) is 2.43. The number of esters is 1. The van der Waals surface area contributed by atoms with Gasteiger partial charge in [0.05, 0.1) is 24.4 Å². The fourth-order valence-corrected chi connectivity index (χ4v) is 3.89. The highest BCUT2D eigenvalue weighted by Gasteiger charge is 2.38. The molecule has 2 bridgehead atoms. The van der Waals surface area contributed by atoms with Gasteiger partial charge in [-0.1, -0.05) is 6.92 Å². The molecule has 2 atom stereocenters. The van der Waals surface area contributed by atoms with E-state index < -0.39 is 0 Å². The third kappa shape index (κ3) is 1.82. The molecule has 0 saturated carbocycles. The van der Waals surface area contributed by atoms with E-state index in [4.69, 9.17) is 15.2 Å². The molecule has 18 heavy (non-hydrogen) atoms. The molecule has 5 heteroatoms. The van der Waals surface area contributed by atoms with Crippen molar-refractivity contribution in [1.29, 1.82) is 0 Å². The van der Waals surface area contributed by atoms with Gasteiger partial charge in [-0.05, 0) is 24.8 Å². The van der Waals surface area contributed by atoms with Crippen LogP contribution < -0.4 is 5.73 Å². The first-order chi connectivity index (χ1) is 8.70. The van der Waals surface area contributed by atoms with Crippen LogP contribution in [0.5, 0.6) is 0 Å². The highest BCUT2D eigenvalue weighted by atomic mass is 32.1. The molecular weight excluding hydrogens is 250 g/mol. The molecule has 2 unspecified atom stereocenters. The minimum Gasteiger partial charge on any atom is -0.462 e. The van der Waals surface area contributed by atoms with E-state index in [1.807, 2.05) is 6.92 Å². The monoisotopic (exact) mass is 267 g/mol. The largest absolute Gasteiger partial charge is 0.462 e. The predicted molar refractivity (Wildman–Crippen MR) is 69.9 cm³/mol. The highest BCUT2D eigenvalue weighted by molar-refractivity contribution is 7.16. The van der Waals surface area contributed by atoms with E-state index in [9.17, 15) is 4.79 Å². The number of fused-ring (bicyclic) bond motifs is 4. The number of rotatable bonds is 3. The van der Waals surface area contributed by atoms with Crippen molar-refractivity contribution in [2.45, 2.75) is 44.8 Å². The summed E-state index contributed by atoms with van der Waals surface area (Å²) in [7, 11) is 0. The van der Waals surface area contributed by atoms with Crippen LogP contribution in [0, 0.1) is 0 Å². The van der Waals surface area contributed by atoms with Crippen molar-refractivity contribution in [1.82, 2.24) is 0 Å². The Kier molecular flexibility index (Phi) is 3.03. The molecule has 2 aliphatic rings. The number of anilines is 1. The maximum atomic E-state index is 12.1. The van der Waals surface area contributed by atoms with Gasteiger partial charge in [0, 0.05) is 11.3 Å². The van der Waals surface area contributed by atoms with E-state index >= 15 is 0 Å². The summed E-state index contributed by atoms with van der Waals surface area (Å²) >= 11 is 1.49. The van der Waals surface area contributed by atoms with Crippen molar-refractivity contribution in [3.05, 3.63) is 16.0 Å². The highest BCUT2D eigenvalue weighted by Crippen LogP contribution is 2.47. The third-order valence-corrected chi connectivity index (χ3v) is 4.69. The number of hydrogen-bond acceptors (Lipinski definition) is 5. The summed E-state index contributed by atoms with van der Waals surface area (Å²) in [6.07, 6.45) is 4.16. The van der Waals surface area contributed by atoms with Crippen molar-refractivity contribution >= 4 is 22.3 Å². The number of hydrogen-bond donors (Lipinski definition) is 1. The third-order valence-electron chi connectivity index (χ3n) is 3.54. The number of ether oxygens (including phenoxy) is 2. The van der Waals surface area contributed by atoms with Crippen LogP contribution in [0.15, 0.2) is 0 Å². The lowest BCUT2D eigenvalue weighted by atomic mass is 10.0. The van der Waals surface area contributed by atoms with Crippen LogP contribution in [-0.2, 0) is 15.9 Å². The molecule has 0 radical (unpaired) electrons. The van der Waals surface area contributed by atoms with E-state index in [2.05, 4.69) is 0 Å². The van der Waals surface area contributed by atoms with Gasteiger partial charge < -0.3 is 15.2 Å². The van der Waals surface area contributed by atoms with Crippen LogP contribution in [-0.4, -0.2) is 18.7 Å². The van der Waals surface area contributed by atoms with E-state index in [0.717, 1.165) is 36.1 Å². The Balaban J connectivity index is 1.94. The second kappa shape index (κ2) is 4.55. The summed E-state index contributed by atoms with van der Waals surface area (Å²) < 4.78 is 11.1. The molecule has 0 aliphatic carbocycles. The topological polar surface area (TPSA) is 61.5 Å². The standard InChI is InChI=1S/C13H17NO3S/c1-2-5-16-13(15)10-8-6-7-3-4-9(17-7)11(8)18-12(10)14/h7,9H,2-6,14H2,1H3. The van der Waals surface area contributed by atoms with E-state index in [0.29, 0.717) is 17.2 Å². The van der Waals surface area contributed by atoms with Crippen LogP contribution in [0.1, 0.15) is 53.1 Å². The average Bonchev–Trinajstić information content (AvgIpc) is 2.89. The maximum Gasteiger partial charge on any atom is 0.341 e. The number of carbonyl (C=O) groups excluding carboxylic acids is 1. The summed E-state index contributed by atoms with van der Waals surface area (Å²) in [5.41, 5.74) is 7.67. The van der Waals surface area contributed by atoms with Gasteiger partial charge in [0.25, 0.3) is 0 Å². The van der Waals surface area contributed by atoms with Gasteiger partial charge in [-0.15, -0.1) is 11.3 Å². The van der Waals surface area contributed by atoms with Gasteiger partial charge in [-0.2, -0.15) is 0 Å². The quantitative estimate of drug-likeness (QED) is 0.855. The summed E-state index contributed by atoms with van der Waals surface area (Å²) in [5, 5.41) is 0.581. The molecule has 1 fully saturated rings. The molecule has 3 rings (SSSR count). The van der Waals surface area contributed by atoms with Crippen LogP contribution in [0.25, 0.3) is 0 Å². The van der Waals surface area contributed by atoms with E-state index in [-0.39, 0.29) is 18.2 Å². The Labute approximate surface area is 110 Å². The smallest absolute Gasteiger partial charge is 0.341 e. The first-order valence-electron chi connectivity index (χ1n) is 6.44. The average molecular weight is 267 g/mol. The van der Waals surface area contributed by atoms with Crippen LogP contribution in [0.3, 0.4) is 0 Å². The minimum absolute atomic E-state index is 0.152. The Morgan fingerprint density at radius 1 is 1.56 bits per heavy atom. The molecule has 1 aromatic heterocycles. The predicted octanol–water partition coefficient (Wildman–Crippen LogP) is 2.67. The van der Waals surface area contributed by atoms with Crippen molar-refractivity contribution in [3.8, 4) is 0 Å². The Morgan fingerprint density at radius 2 is 2.39 bits per heavy atom. The zero-order valence-corrected chi connectivity index (χ0v) is 11.2. The SMILES string of the molecule is CCCOC(=O)c1c(N)sc2c1CC1CCC2O1. The second-order valence-corrected chi connectivity index (χ2v) is 5.93.